The summed E-state index contributed by atoms with van der Waals surface area (Å²) < 4.78 is 45.7. The number of anilines is 1. The lowest BCUT2D eigenvalue weighted by atomic mass is 10.0. The second kappa shape index (κ2) is 11.1. The first-order chi connectivity index (χ1) is 16.1. The predicted octanol–water partition coefficient (Wildman–Crippen LogP) is 6.64. The van der Waals surface area contributed by atoms with Gasteiger partial charge in [0.25, 0.3) is 0 Å². The van der Waals surface area contributed by atoms with Crippen molar-refractivity contribution >= 4 is 17.4 Å². The maximum atomic E-state index is 12.7. The zero-order chi connectivity index (χ0) is 24.9. The molecule has 1 heterocycles. The predicted molar refractivity (Wildman–Crippen MR) is 129 cm³/mol. The highest BCUT2D eigenvalue weighted by Crippen LogP contribution is 2.31. The molecule has 3 rings (SSSR count). The molecule has 1 unspecified atom stereocenters. The van der Waals surface area contributed by atoms with Crippen molar-refractivity contribution in [1.82, 2.24) is 4.98 Å². The molecule has 0 N–H and O–H groups in total. The van der Waals surface area contributed by atoms with Crippen LogP contribution < -0.4 is 14.2 Å². The zero-order valence-corrected chi connectivity index (χ0v) is 20.6. The Kier molecular flexibility index (Phi) is 8.42. The van der Waals surface area contributed by atoms with Crippen LogP contribution in [-0.2, 0) is 26.1 Å². The third-order valence-corrected chi connectivity index (χ3v) is 6.23. The molecule has 8 heteroatoms. The number of aromatic nitrogens is 2. The molecule has 0 saturated carbocycles. The molecule has 0 aliphatic rings. The van der Waals surface area contributed by atoms with E-state index in [-0.39, 0.29) is 0 Å². The summed E-state index contributed by atoms with van der Waals surface area (Å²) >= 11 is 6.72. The fourth-order valence-electron chi connectivity index (χ4n) is 3.58. The van der Waals surface area contributed by atoms with Crippen molar-refractivity contribution in [3.8, 4) is 11.5 Å². The van der Waals surface area contributed by atoms with Gasteiger partial charge >= 0.3 is 6.18 Å². The first-order valence-corrected chi connectivity index (χ1v) is 11.6. The van der Waals surface area contributed by atoms with E-state index in [1.807, 2.05) is 49.3 Å². The van der Waals surface area contributed by atoms with Crippen LogP contribution in [0.1, 0.15) is 37.1 Å². The molecule has 0 amide bonds. The minimum absolute atomic E-state index is 0.355. The van der Waals surface area contributed by atoms with Crippen molar-refractivity contribution in [3.05, 3.63) is 76.7 Å². The lowest BCUT2D eigenvalue weighted by Gasteiger charge is -2.18. The van der Waals surface area contributed by atoms with Crippen LogP contribution in [0.25, 0.3) is 0 Å². The number of benzene rings is 2. The third-order valence-electron chi connectivity index (χ3n) is 5.85. The summed E-state index contributed by atoms with van der Waals surface area (Å²) in [6.07, 6.45) is 0.153. The molecule has 4 nitrogen and oxygen atoms in total. The van der Waals surface area contributed by atoms with Gasteiger partial charge in [-0.15, -0.1) is 4.98 Å². The molecule has 0 saturated heterocycles. The lowest BCUT2D eigenvalue weighted by molar-refractivity contribution is -0.661. The van der Waals surface area contributed by atoms with Crippen LogP contribution in [0.4, 0.5) is 19.0 Å². The molecule has 0 fully saturated rings. The summed E-state index contributed by atoms with van der Waals surface area (Å²) in [4.78, 5) is 6.64. The molecule has 182 valence electrons. The summed E-state index contributed by atoms with van der Waals surface area (Å²) in [5, 5.41) is 0.688. The molecule has 0 bridgehead atoms. The molecule has 1 atom stereocenters. The Morgan fingerprint density at radius 2 is 1.65 bits per heavy atom. The second-order valence-corrected chi connectivity index (χ2v) is 8.97. The zero-order valence-electron chi connectivity index (χ0n) is 19.9. The van der Waals surface area contributed by atoms with Crippen molar-refractivity contribution < 1.29 is 22.5 Å². The summed E-state index contributed by atoms with van der Waals surface area (Å²) in [7, 11) is 3.95. The lowest BCUT2D eigenvalue weighted by Crippen LogP contribution is -2.39. The standard InChI is InChI=1S/C26H30ClF3N3O/c1-5-18(2)16-23-24(27)25(33(4)17-31-23)32(3)15-14-19-6-10-21(11-7-19)34-22-12-8-20(9-13-22)26(28,29)30/h6-13,17-18H,5,14-16H2,1-4H3/q+1. The molecular weight excluding hydrogens is 463 g/mol. The van der Waals surface area contributed by atoms with Crippen molar-refractivity contribution in [3.63, 3.8) is 0 Å². The molecule has 34 heavy (non-hydrogen) atoms. The van der Waals surface area contributed by atoms with E-state index >= 15 is 0 Å². The SMILES string of the molecule is CCC(C)Cc1nc[n+](C)c(N(C)CCc2ccc(Oc3ccc(C(F)(F)F)cc3)cc2)c1Cl. The average molecular weight is 493 g/mol. The molecule has 0 aliphatic carbocycles. The number of hydrogen-bond donors (Lipinski definition) is 0. The summed E-state index contributed by atoms with van der Waals surface area (Å²) in [6.45, 7) is 5.10. The van der Waals surface area contributed by atoms with Gasteiger partial charge in [-0.3, -0.25) is 4.90 Å². The highest BCUT2D eigenvalue weighted by molar-refractivity contribution is 6.33. The van der Waals surface area contributed by atoms with Gasteiger partial charge in [0.15, 0.2) is 5.02 Å². The Labute approximate surface area is 204 Å². The van der Waals surface area contributed by atoms with Gasteiger partial charge in [0.2, 0.25) is 12.1 Å². The van der Waals surface area contributed by atoms with Crippen LogP contribution in [0.3, 0.4) is 0 Å². The average Bonchev–Trinajstić information content (AvgIpc) is 2.80. The number of halogens is 4. The van der Waals surface area contributed by atoms with Gasteiger partial charge in [0, 0.05) is 12.8 Å². The summed E-state index contributed by atoms with van der Waals surface area (Å²) in [6, 6.07) is 12.2. The largest absolute Gasteiger partial charge is 0.457 e. The van der Waals surface area contributed by atoms with E-state index in [9.17, 15) is 13.2 Å². The first kappa shape index (κ1) is 25.8. The normalized spacial score (nSPS) is 12.5. The number of nitrogens with zero attached hydrogens (tertiary/aromatic N) is 3. The van der Waals surface area contributed by atoms with Gasteiger partial charge in [0.05, 0.1) is 26.2 Å². The Morgan fingerprint density at radius 1 is 1.06 bits per heavy atom. The Hall–Kier alpha value is -2.80. The minimum atomic E-state index is -4.36. The molecular formula is C26H30ClF3N3O+. The topological polar surface area (TPSA) is 29.2 Å². The van der Waals surface area contributed by atoms with Crippen molar-refractivity contribution in [2.24, 2.45) is 13.0 Å². The fraction of sp³-hybridized carbons (Fsp3) is 0.385. The number of hydrogen-bond acceptors (Lipinski definition) is 3. The Bertz CT molecular complexity index is 1090. The van der Waals surface area contributed by atoms with Crippen LogP contribution in [-0.4, -0.2) is 18.6 Å². The molecule has 3 aromatic rings. The Morgan fingerprint density at radius 3 is 2.21 bits per heavy atom. The van der Waals surface area contributed by atoms with Crippen LogP contribution in [0.15, 0.2) is 54.9 Å². The fourth-order valence-corrected chi connectivity index (χ4v) is 3.98. The number of ether oxygens (including phenoxy) is 1. The maximum absolute atomic E-state index is 12.7. The van der Waals surface area contributed by atoms with Crippen LogP contribution in [0, 0.1) is 5.92 Å². The smallest absolute Gasteiger partial charge is 0.416 e. The Balaban J connectivity index is 1.61. The number of likely N-dealkylation sites (N-methyl/N-ethyl adjacent to an activating group) is 1. The van der Waals surface area contributed by atoms with Crippen LogP contribution in [0.2, 0.25) is 5.02 Å². The van der Waals surface area contributed by atoms with Crippen LogP contribution in [0.5, 0.6) is 11.5 Å². The van der Waals surface area contributed by atoms with Gasteiger partial charge in [-0.25, -0.2) is 4.57 Å². The van der Waals surface area contributed by atoms with Gasteiger partial charge in [-0.2, -0.15) is 13.2 Å². The minimum Gasteiger partial charge on any atom is -0.457 e. The van der Waals surface area contributed by atoms with Crippen LogP contribution >= 0.6 is 11.6 Å². The van der Waals surface area contributed by atoms with Gasteiger partial charge in [-0.1, -0.05) is 44.0 Å². The van der Waals surface area contributed by atoms with Crippen molar-refractivity contribution in [1.29, 1.82) is 0 Å². The van der Waals surface area contributed by atoms with Crippen molar-refractivity contribution in [2.75, 3.05) is 18.5 Å². The molecule has 1 aromatic heterocycles. The van der Waals surface area contributed by atoms with E-state index in [2.05, 4.69) is 23.7 Å². The monoisotopic (exact) mass is 492 g/mol. The molecule has 2 aromatic carbocycles. The molecule has 0 radical (unpaired) electrons. The van der Waals surface area contributed by atoms with E-state index in [4.69, 9.17) is 16.3 Å². The number of alkyl halides is 3. The third kappa shape index (κ3) is 6.63. The van der Waals surface area contributed by atoms with E-state index in [0.717, 1.165) is 55.0 Å². The van der Waals surface area contributed by atoms with E-state index in [0.29, 0.717) is 22.4 Å². The summed E-state index contributed by atoms with van der Waals surface area (Å²) in [5.41, 5.74) is 1.33. The van der Waals surface area contributed by atoms with Gasteiger partial charge in [-0.05, 0) is 47.9 Å². The van der Waals surface area contributed by atoms with E-state index in [1.54, 1.807) is 0 Å². The first-order valence-electron chi connectivity index (χ1n) is 11.3. The second-order valence-electron chi connectivity index (χ2n) is 8.60. The summed E-state index contributed by atoms with van der Waals surface area (Å²) in [5.74, 6) is 2.36. The van der Waals surface area contributed by atoms with Crippen molar-refractivity contribution in [2.45, 2.75) is 39.3 Å². The number of rotatable bonds is 9. The maximum Gasteiger partial charge on any atom is 0.416 e. The highest BCUT2D eigenvalue weighted by Gasteiger charge is 2.30. The van der Waals surface area contributed by atoms with E-state index < -0.39 is 11.7 Å². The number of aryl methyl sites for hydroxylation is 1. The highest BCUT2D eigenvalue weighted by atomic mass is 35.5. The quantitative estimate of drug-likeness (QED) is 0.314. The molecule has 0 aliphatic heterocycles. The van der Waals surface area contributed by atoms with Gasteiger partial charge < -0.3 is 4.74 Å². The van der Waals surface area contributed by atoms with E-state index in [1.165, 1.54) is 12.1 Å². The van der Waals surface area contributed by atoms with Gasteiger partial charge in [0.1, 0.15) is 17.2 Å². The molecule has 0 spiro atoms.